The number of rotatable bonds is 6. The maximum absolute atomic E-state index is 13.4. The molecule has 5 rings (SSSR count). The lowest BCUT2D eigenvalue weighted by molar-refractivity contribution is -0.149. The highest BCUT2D eigenvalue weighted by Crippen LogP contribution is 2.47. The Balaban J connectivity index is 1.36. The predicted molar refractivity (Wildman–Crippen MR) is 138 cm³/mol. The van der Waals surface area contributed by atoms with E-state index in [-0.39, 0.29) is 5.91 Å². The van der Waals surface area contributed by atoms with Gasteiger partial charge in [0.15, 0.2) is 12.6 Å². The summed E-state index contributed by atoms with van der Waals surface area (Å²) in [5.41, 5.74) is 2.45. The maximum Gasteiger partial charge on any atom is 0.333 e. The first kappa shape index (κ1) is 23.4. The topological polar surface area (TPSA) is 75.7 Å². The van der Waals surface area contributed by atoms with E-state index < -0.39 is 24.5 Å². The summed E-state index contributed by atoms with van der Waals surface area (Å²) in [6.07, 6.45) is 0. The van der Waals surface area contributed by atoms with Gasteiger partial charge in [-0.2, -0.15) is 0 Å². The molecule has 0 spiro atoms. The van der Waals surface area contributed by atoms with Crippen LogP contribution in [-0.2, 0) is 14.3 Å². The fourth-order valence-corrected chi connectivity index (χ4v) is 5.04. The second-order valence-corrected chi connectivity index (χ2v) is 9.14. The average Bonchev–Trinajstić information content (AvgIpc) is 2.94. The Bertz CT molecular complexity index is 1360. The monoisotopic (exact) mass is 494 g/mol. The molecule has 0 fully saturated rings. The van der Waals surface area contributed by atoms with Gasteiger partial charge in [0.05, 0.1) is 11.4 Å². The van der Waals surface area contributed by atoms with Gasteiger partial charge < -0.3 is 10.1 Å². The van der Waals surface area contributed by atoms with Crippen LogP contribution in [0.5, 0.6) is 0 Å². The van der Waals surface area contributed by atoms with Crippen molar-refractivity contribution in [1.82, 2.24) is 5.32 Å². The lowest BCUT2D eigenvalue weighted by Crippen LogP contribution is -2.37. The molecule has 0 aliphatic carbocycles. The molecule has 0 saturated heterocycles. The van der Waals surface area contributed by atoms with Gasteiger partial charge in [-0.1, -0.05) is 84.6 Å². The Kier molecular flexibility index (Phi) is 6.82. The number of para-hydroxylation sites is 2. The smallest absolute Gasteiger partial charge is 0.333 e. The van der Waals surface area contributed by atoms with Gasteiger partial charge in [-0.05, 0) is 42.0 Å². The first-order chi connectivity index (χ1) is 17.6. The van der Waals surface area contributed by atoms with Crippen molar-refractivity contribution >= 4 is 40.9 Å². The molecule has 4 aromatic carbocycles. The molecular formula is C29H22N2O4S. The van der Waals surface area contributed by atoms with Crippen LogP contribution in [0.15, 0.2) is 119 Å². The Hall–Kier alpha value is -4.36. The van der Waals surface area contributed by atoms with Gasteiger partial charge in [-0.3, -0.25) is 14.5 Å². The summed E-state index contributed by atoms with van der Waals surface area (Å²) in [6, 6.07) is 31.6. The van der Waals surface area contributed by atoms with Crippen LogP contribution < -0.4 is 10.2 Å². The van der Waals surface area contributed by atoms with Crippen LogP contribution in [0.4, 0.5) is 11.4 Å². The molecule has 1 unspecified atom stereocenters. The summed E-state index contributed by atoms with van der Waals surface area (Å²) < 4.78 is 5.49. The standard InChI is InChI=1S/C29H22N2O4S/c32-26(31-22-15-7-9-17-24(22)36-25-18-10-8-16-23(25)31)19-35-29(34)27(20-11-3-1-4-12-20)30-28(33)21-13-5-2-6-14-21/h1-18,27H,19H2,(H,30,33). The fraction of sp³-hybridized carbons (Fsp3) is 0.0690. The molecule has 0 saturated carbocycles. The van der Waals surface area contributed by atoms with Gasteiger partial charge >= 0.3 is 5.97 Å². The zero-order chi connectivity index (χ0) is 24.9. The normalized spacial score (nSPS) is 12.6. The van der Waals surface area contributed by atoms with Gasteiger partial charge in [0.2, 0.25) is 0 Å². The lowest BCUT2D eigenvalue weighted by Gasteiger charge is -2.31. The zero-order valence-electron chi connectivity index (χ0n) is 19.2. The number of carbonyl (C=O) groups is 3. The van der Waals surface area contributed by atoms with Crippen molar-refractivity contribution in [2.24, 2.45) is 0 Å². The molecule has 178 valence electrons. The van der Waals surface area contributed by atoms with Crippen molar-refractivity contribution in [2.45, 2.75) is 15.8 Å². The second-order valence-electron chi connectivity index (χ2n) is 8.06. The number of nitrogens with one attached hydrogen (secondary N) is 1. The third-order valence-electron chi connectivity index (χ3n) is 5.70. The molecule has 1 N–H and O–H groups in total. The molecule has 1 aliphatic heterocycles. The number of ether oxygens (including phenoxy) is 1. The molecular weight excluding hydrogens is 472 g/mol. The molecule has 36 heavy (non-hydrogen) atoms. The van der Waals surface area contributed by atoms with Crippen molar-refractivity contribution in [2.75, 3.05) is 11.5 Å². The van der Waals surface area contributed by atoms with Crippen molar-refractivity contribution < 1.29 is 19.1 Å². The minimum Gasteiger partial charge on any atom is -0.454 e. The summed E-state index contributed by atoms with van der Waals surface area (Å²) >= 11 is 1.59. The number of hydrogen-bond acceptors (Lipinski definition) is 5. The summed E-state index contributed by atoms with van der Waals surface area (Å²) in [6.45, 7) is -0.475. The van der Waals surface area contributed by atoms with E-state index in [4.69, 9.17) is 4.74 Å². The molecule has 1 aliphatic rings. The number of nitrogens with zero attached hydrogens (tertiary/aromatic N) is 1. The van der Waals surface area contributed by atoms with Crippen molar-refractivity contribution in [3.63, 3.8) is 0 Å². The van der Waals surface area contributed by atoms with Crippen LogP contribution in [0.25, 0.3) is 0 Å². The van der Waals surface area contributed by atoms with E-state index in [2.05, 4.69) is 5.32 Å². The van der Waals surface area contributed by atoms with Crippen molar-refractivity contribution in [3.8, 4) is 0 Å². The third-order valence-corrected chi connectivity index (χ3v) is 6.83. The predicted octanol–water partition coefficient (Wildman–Crippen LogP) is 5.53. The Morgan fingerprint density at radius 1 is 0.722 bits per heavy atom. The summed E-state index contributed by atoms with van der Waals surface area (Å²) in [7, 11) is 0. The average molecular weight is 495 g/mol. The maximum atomic E-state index is 13.4. The van der Waals surface area contributed by atoms with Gasteiger partial charge in [0.25, 0.3) is 11.8 Å². The Morgan fingerprint density at radius 3 is 1.86 bits per heavy atom. The highest BCUT2D eigenvalue weighted by atomic mass is 32.2. The number of carbonyl (C=O) groups excluding carboxylic acids is 3. The van der Waals surface area contributed by atoms with Crippen LogP contribution in [0.1, 0.15) is 22.0 Å². The highest BCUT2D eigenvalue weighted by molar-refractivity contribution is 7.99. The van der Waals surface area contributed by atoms with E-state index in [0.717, 1.165) is 21.2 Å². The van der Waals surface area contributed by atoms with Crippen LogP contribution in [0.2, 0.25) is 0 Å². The Morgan fingerprint density at radius 2 is 1.25 bits per heavy atom. The number of amides is 2. The van der Waals surface area contributed by atoms with Crippen molar-refractivity contribution in [1.29, 1.82) is 0 Å². The van der Waals surface area contributed by atoms with E-state index in [9.17, 15) is 14.4 Å². The van der Waals surface area contributed by atoms with E-state index in [0.29, 0.717) is 11.1 Å². The number of anilines is 2. The van der Waals surface area contributed by atoms with Crippen molar-refractivity contribution in [3.05, 3.63) is 120 Å². The molecule has 0 radical (unpaired) electrons. The Labute approximate surface area is 212 Å². The van der Waals surface area contributed by atoms with E-state index in [1.54, 1.807) is 71.3 Å². The van der Waals surface area contributed by atoms with E-state index in [1.165, 1.54) is 0 Å². The van der Waals surface area contributed by atoms with Crippen LogP contribution in [0, 0.1) is 0 Å². The zero-order valence-corrected chi connectivity index (χ0v) is 20.0. The van der Waals surface area contributed by atoms with Crippen LogP contribution in [0.3, 0.4) is 0 Å². The fourth-order valence-electron chi connectivity index (χ4n) is 3.98. The van der Waals surface area contributed by atoms with Gasteiger partial charge in [-0.25, -0.2) is 4.79 Å². The molecule has 2 amide bonds. The van der Waals surface area contributed by atoms with Gasteiger partial charge in [-0.15, -0.1) is 0 Å². The van der Waals surface area contributed by atoms with E-state index >= 15 is 0 Å². The largest absolute Gasteiger partial charge is 0.454 e. The molecule has 1 heterocycles. The summed E-state index contributed by atoms with van der Waals surface area (Å²) in [4.78, 5) is 42.8. The molecule has 0 aromatic heterocycles. The minimum absolute atomic E-state index is 0.384. The second kappa shape index (κ2) is 10.5. The SMILES string of the molecule is O=C(NC(C(=O)OCC(=O)N1c2ccccc2Sc2ccccc21)c1ccccc1)c1ccccc1. The first-order valence-electron chi connectivity index (χ1n) is 11.4. The molecule has 6 nitrogen and oxygen atoms in total. The first-order valence-corrected chi connectivity index (χ1v) is 12.2. The molecule has 7 heteroatoms. The molecule has 0 bridgehead atoms. The third kappa shape index (κ3) is 4.87. The lowest BCUT2D eigenvalue weighted by atomic mass is 10.1. The van der Waals surface area contributed by atoms with E-state index in [1.807, 2.05) is 54.6 Å². The number of hydrogen-bond donors (Lipinski definition) is 1. The minimum atomic E-state index is -1.07. The highest BCUT2D eigenvalue weighted by Gasteiger charge is 2.30. The summed E-state index contributed by atoms with van der Waals surface area (Å²) in [5, 5.41) is 2.74. The number of esters is 1. The molecule has 1 atom stereocenters. The van der Waals surface area contributed by atoms with Crippen LogP contribution in [-0.4, -0.2) is 24.4 Å². The summed E-state index contributed by atoms with van der Waals surface area (Å²) in [5.74, 6) is -1.51. The van der Waals surface area contributed by atoms with Gasteiger partial charge in [0, 0.05) is 15.4 Å². The molecule has 4 aromatic rings. The quantitative estimate of drug-likeness (QED) is 0.357. The number of fused-ring (bicyclic) bond motifs is 2. The van der Waals surface area contributed by atoms with Crippen LogP contribution >= 0.6 is 11.8 Å². The number of benzene rings is 4. The van der Waals surface area contributed by atoms with Gasteiger partial charge in [0.1, 0.15) is 0 Å².